The number of hydrogen-bond acceptors (Lipinski definition) is 2. The standard InChI is InChI=1S/C14H26FIN2/c1-11-8-18(9-12(2)13(11)16)10-14(15)4-6-17(3)7-5-14/h11-13H,4-10H2,1-3H3/t11-,12+,13?. The van der Waals surface area contributed by atoms with Crippen molar-refractivity contribution in [2.75, 3.05) is 39.8 Å². The van der Waals surface area contributed by atoms with Crippen LogP contribution in [-0.2, 0) is 0 Å². The Morgan fingerprint density at radius 1 is 1.17 bits per heavy atom. The van der Waals surface area contributed by atoms with Gasteiger partial charge in [-0.3, -0.25) is 4.90 Å². The molecule has 2 nitrogen and oxygen atoms in total. The van der Waals surface area contributed by atoms with Crippen molar-refractivity contribution in [3.63, 3.8) is 0 Å². The minimum absolute atomic E-state index is 0.652. The van der Waals surface area contributed by atoms with Crippen molar-refractivity contribution in [2.45, 2.75) is 36.3 Å². The van der Waals surface area contributed by atoms with Crippen molar-refractivity contribution in [1.82, 2.24) is 9.80 Å². The molecule has 2 saturated heterocycles. The van der Waals surface area contributed by atoms with Gasteiger partial charge in [0.05, 0.1) is 0 Å². The first kappa shape index (κ1) is 15.0. The molecule has 0 N–H and O–H groups in total. The number of halogens is 2. The number of alkyl halides is 2. The van der Waals surface area contributed by atoms with Gasteiger partial charge < -0.3 is 4.90 Å². The van der Waals surface area contributed by atoms with Crippen LogP contribution in [0.5, 0.6) is 0 Å². The van der Waals surface area contributed by atoms with E-state index in [0.717, 1.165) is 30.1 Å². The van der Waals surface area contributed by atoms with Gasteiger partial charge in [-0.15, -0.1) is 0 Å². The molecule has 0 saturated carbocycles. The summed E-state index contributed by atoms with van der Waals surface area (Å²) in [7, 11) is 2.09. The average molecular weight is 368 g/mol. The molecule has 0 aromatic heterocycles. The Balaban J connectivity index is 1.89. The Labute approximate surface area is 124 Å². The van der Waals surface area contributed by atoms with Crippen molar-refractivity contribution in [1.29, 1.82) is 0 Å². The maximum atomic E-state index is 14.8. The lowest BCUT2D eigenvalue weighted by atomic mass is 9.88. The Bertz CT molecular complexity index is 267. The summed E-state index contributed by atoms with van der Waals surface area (Å²) >= 11 is 2.57. The van der Waals surface area contributed by atoms with Gasteiger partial charge in [-0.25, -0.2) is 4.39 Å². The Morgan fingerprint density at radius 2 is 1.67 bits per heavy atom. The van der Waals surface area contributed by atoms with Gasteiger partial charge in [0.2, 0.25) is 0 Å². The lowest BCUT2D eigenvalue weighted by Gasteiger charge is -2.43. The van der Waals surface area contributed by atoms with Gasteiger partial charge in [0, 0.05) is 36.6 Å². The summed E-state index contributed by atoms with van der Waals surface area (Å²) < 4.78 is 15.6. The molecule has 3 atom stereocenters. The number of likely N-dealkylation sites (tertiary alicyclic amines) is 2. The number of piperidine rings is 2. The second kappa shape index (κ2) is 5.92. The second-order valence-corrected chi connectivity index (χ2v) is 7.99. The lowest BCUT2D eigenvalue weighted by Crippen LogP contribution is -2.52. The van der Waals surface area contributed by atoms with Crippen LogP contribution in [0.4, 0.5) is 4.39 Å². The molecule has 106 valence electrons. The first-order valence-corrected chi connectivity index (χ1v) is 8.38. The van der Waals surface area contributed by atoms with Crippen molar-refractivity contribution in [3.05, 3.63) is 0 Å². The number of hydrogen-bond donors (Lipinski definition) is 0. The zero-order valence-electron chi connectivity index (χ0n) is 11.8. The number of nitrogens with zero attached hydrogens (tertiary/aromatic N) is 2. The molecular weight excluding hydrogens is 342 g/mol. The van der Waals surface area contributed by atoms with E-state index in [-0.39, 0.29) is 0 Å². The van der Waals surface area contributed by atoms with Crippen LogP contribution in [0.2, 0.25) is 0 Å². The van der Waals surface area contributed by atoms with Gasteiger partial charge in [-0.2, -0.15) is 0 Å². The molecule has 0 aromatic rings. The molecule has 0 amide bonds. The van der Waals surface area contributed by atoms with Gasteiger partial charge in [0.15, 0.2) is 0 Å². The van der Waals surface area contributed by atoms with Crippen LogP contribution in [-0.4, -0.2) is 59.2 Å². The fourth-order valence-corrected chi connectivity index (χ4v) is 3.81. The highest BCUT2D eigenvalue weighted by Crippen LogP contribution is 2.32. The lowest BCUT2D eigenvalue weighted by molar-refractivity contribution is 0.0139. The van der Waals surface area contributed by atoms with Crippen LogP contribution in [0.1, 0.15) is 26.7 Å². The van der Waals surface area contributed by atoms with E-state index in [9.17, 15) is 4.39 Å². The molecule has 18 heavy (non-hydrogen) atoms. The van der Waals surface area contributed by atoms with E-state index in [2.05, 4.69) is 53.3 Å². The van der Waals surface area contributed by atoms with Crippen molar-refractivity contribution < 1.29 is 4.39 Å². The second-order valence-electron chi connectivity index (χ2n) is 6.55. The third-order valence-electron chi connectivity index (χ3n) is 4.57. The summed E-state index contributed by atoms with van der Waals surface area (Å²) in [4.78, 5) is 4.61. The molecule has 0 aromatic carbocycles. The fourth-order valence-electron chi connectivity index (χ4n) is 3.36. The maximum absolute atomic E-state index is 14.8. The maximum Gasteiger partial charge on any atom is 0.126 e. The Morgan fingerprint density at radius 3 is 2.17 bits per heavy atom. The Hall–Kier alpha value is 0.580. The minimum atomic E-state index is -0.940. The van der Waals surface area contributed by atoms with Crippen molar-refractivity contribution in [2.24, 2.45) is 11.8 Å². The zero-order valence-corrected chi connectivity index (χ0v) is 14.0. The minimum Gasteiger partial charge on any atom is -0.306 e. The molecule has 4 heteroatoms. The van der Waals surface area contributed by atoms with Gasteiger partial charge in [0.25, 0.3) is 0 Å². The van der Waals surface area contributed by atoms with Gasteiger partial charge in [0.1, 0.15) is 5.67 Å². The molecule has 0 spiro atoms. The van der Waals surface area contributed by atoms with Crippen LogP contribution < -0.4 is 0 Å². The van der Waals surface area contributed by atoms with E-state index in [1.54, 1.807) is 0 Å². The van der Waals surface area contributed by atoms with E-state index in [1.165, 1.54) is 0 Å². The van der Waals surface area contributed by atoms with Gasteiger partial charge in [-0.05, 0) is 31.7 Å². The van der Waals surface area contributed by atoms with Crippen LogP contribution in [0.25, 0.3) is 0 Å². The fraction of sp³-hybridized carbons (Fsp3) is 1.00. The van der Waals surface area contributed by atoms with Gasteiger partial charge >= 0.3 is 0 Å². The predicted molar refractivity (Wildman–Crippen MR) is 83.1 cm³/mol. The Kier molecular flexibility index (Phi) is 4.92. The molecule has 0 bridgehead atoms. The third kappa shape index (κ3) is 3.57. The first-order valence-electron chi connectivity index (χ1n) is 7.13. The van der Waals surface area contributed by atoms with Gasteiger partial charge in [-0.1, -0.05) is 36.4 Å². The monoisotopic (exact) mass is 368 g/mol. The van der Waals surface area contributed by atoms with E-state index in [1.807, 2.05) is 0 Å². The molecule has 2 fully saturated rings. The highest BCUT2D eigenvalue weighted by molar-refractivity contribution is 14.1. The molecule has 2 rings (SSSR count). The van der Waals surface area contributed by atoms with Crippen LogP contribution in [0.3, 0.4) is 0 Å². The first-order chi connectivity index (χ1) is 8.39. The normalized spacial score (nSPS) is 38.8. The molecule has 0 radical (unpaired) electrons. The van der Waals surface area contributed by atoms with Crippen LogP contribution in [0, 0.1) is 11.8 Å². The summed E-state index contributed by atoms with van der Waals surface area (Å²) in [6.07, 6.45) is 1.41. The largest absolute Gasteiger partial charge is 0.306 e. The predicted octanol–water partition coefficient (Wildman–Crippen LogP) is 2.81. The molecule has 1 unspecified atom stereocenters. The molecule has 2 aliphatic heterocycles. The summed E-state index contributed by atoms with van der Waals surface area (Å²) in [5, 5.41) is 0. The highest BCUT2D eigenvalue weighted by Gasteiger charge is 2.38. The van der Waals surface area contributed by atoms with Crippen LogP contribution in [0.15, 0.2) is 0 Å². The van der Waals surface area contributed by atoms with E-state index < -0.39 is 5.67 Å². The third-order valence-corrected chi connectivity index (χ3v) is 7.03. The van der Waals surface area contributed by atoms with E-state index in [4.69, 9.17) is 0 Å². The van der Waals surface area contributed by atoms with Crippen LogP contribution >= 0.6 is 22.6 Å². The highest BCUT2D eigenvalue weighted by atomic mass is 127. The molecule has 2 heterocycles. The van der Waals surface area contributed by atoms with Crippen molar-refractivity contribution >= 4 is 22.6 Å². The smallest absolute Gasteiger partial charge is 0.126 e. The quantitative estimate of drug-likeness (QED) is 0.546. The summed E-state index contributed by atoms with van der Waals surface area (Å²) in [5.41, 5.74) is -0.940. The summed E-state index contributed by atoms with van der Waals surface area (Å²) in [6.45, 7) is 9.21. The topological polar surface area (TPSA) is 6.48 Å². The number of rotatable bonds is 2. The molecular formula is C14H26FIN2. The van der Waals surface area contributed by atoms with E-state index in [0.29, 0.717) is 31.2 Å². The zero-order chi connectivity index (χ0) is 13.3. The van der Waals surface area contributed by atoms with E-state index >= 15 is 0 Å². The summed E-state index contributed by atoms with van der Waals surface area (Å²) in [5.74, 6) is 1.37. The molecule has 2 aliphatic rings. The molecule has 0 aliphatic carbocycles. The SMILES string of the molecule is C[C@@H]1CN(CC2(F)CCN(C)CC2)C[C@H](C)C1I. The summed E-state index contributed by atoms with van der Waals surface area (Å²) in [6, 6.07) is 0. The van der Waals surface area contributed by atoms with Crippen molar-refractivity contribution in [3.8, 4) is 0 Å². The average Bonchev–Trinajstić information content (AvgIpc) is 2.30.